The third-order valence-electron chi connectivity index (χ3n) is 5.88. The summed E-state index contributed by atoms with van der Waals surface area (Å²) in [5.41, 5.74) is 5.20. The molecular formula is C23H28N2O2. The van der Waals surface area contributed by atoms with Crippen LogP contribution in [-0.2, 0) is 24.2 Å². The van der Waals surface area contributed by atoms with Gasteiger partial charge < -0.3 is 10.4 Å². The Labute approximate surface area is 161 Å². The predicted molar refractivity (Wildman–Crippen MR) is 107 cm³/mol. The molecule has 27 heavy (non-hydrogen) atoms. The zero-order valence-corrected chi connectivity index (χ0v) is 15.7. The third-order valence-corrected chi connectivity index (χ3v) is 5.88. The van der Waals surface area contributed by atoms with Crippen molar-refractivity contribution >= 4 is 5.91 Å². The van der Waals surface area contributed by atoms with E-state index in [-0.39, 0.29) is 11.8 Å². The van der Waals surface area contributed by atoms with Gasteiger partial charge in [-0.3, -0.25) is 9.69 Å². The van der Waals surface area contributed by atoms with Gasteiger partial charge in [0.25, 0.3) is 0 Å². The Bertz CT molecular complexity index is 804. The van der Waals surface area contributed by atoms with E-state index >= 15 is 0 Å². The summed E-state index contributed by atoms with van der Waals surface area (Å²) in [5, 5.41) is 13.4. The minimum absolute atomic E-state index is 0.0465. The van der Waals surface area contributed by atoms with Gasteiger partial charge in [-0.05, 0) is 47.9 Å². The number of fused-ring (bicyclic) bond motifs is 2. The van der Waals surface area contributed by atoms with Crippen LogP contribution >= 0.6 is 0 Å². The van der Waals surface area contributed by atoms with Crippen molar-refractivity contribution in [3.8, 4) is 0 Å². The maximum absolute atomic E-state index is 12.7. The van der Waals surface area contributed by atoms with Crippen LogP contribution < -0.4 is 5.32 Å². The highest BCUT2D eigenvalue weighted by Crippen LogP contribution is 2.31. The lowest BCUT2D eigenvalue weighted by molar-refractivity contribution is -0.123. The molecule has 2 aliphatic rings. The molecule has 142 valence electrons. The average Bonchev–Trinajstić information content (AvgIpc) is 2.71. The molecule has 1 aliphatic carbocycles. The molecule has 2 aromatic carbocycles. The molecular weight excluding hydrogens is 336 g/mol. The van der Waals surface area contributed by atoms with Crippen molar-refractivity contribution in [3.05, 3.63) is 70.8 Å². The molecule has 2 atom stereocenters. The molecule has 0 saturated carbocycles. The van der Waals surface area contributed by atoms with Crippen LogP contribution in [0, 0.1) is 0 Å². The van der Waals surface area contributed by atoms with Gasteiger partial charge in [0.05, 0.1) is 12.0 Å². The lowest BCUT2D eigenvalue weighted by atomic mass is 9.82. The summed E-state index contributed by atoms with van der Waals surface area (Å²) < 4.78 is 0. The molecule has 4 heteroatoms. The molecule has 1 heterocycles. The monoisotopic (exact) mass is 364 g/mol. The molecule has 1 amide bonds. The number of aliphatic hydroxyl groups excluding tert-OH is 1. The van der Waals surface area contributed by atoms with E-state index in [1.165, 1.54) is 16.7 Å². The zero-order valence-electron chi connectivity index (χ0n) is 15.7. The van der Waals surface area contributed by atoms with E-state index in [2.05, 4.69) is 46.6 Å². The number of hydrogen-bond donors (Lipinski definition) is 2. The highest BCUT2D eigenvalue weighted by Gasteiger charge is 2.26. The van der Waals surface area contributed by atoms with Gasteiger partial charge >= 0.3 is 0 Å². The number of rotatable bonds is 5. The topological polar surface area (TPSA) is 52.6 Å². The highest BCUT2D eigenvalue weighted by atomic mass is 16.3. The molecule has 0 radical (unpaired) electrons. The number of benzene rings is 2. The zero-order chi connectivity index (χ0) is 18.6. The number of β-amino-alcohol motifs (C(OH)–C–C–N with tert-alkyl or cyclic N) is 1. The van der Waals surface area contributed by atoms with Crippen LogP contribution in [0.1, 0.15) is 41.0 Å². The van der Waals surface area contributed by atoms with Crippen molar-refractivity contribution in [3.63, 3.8) is 0 Å². The third kappa shape index (κ3) is 4.23. The Morgan fingerprint density at radius 1 is 1.07 bits per heavy atom. The number of nitrogens with zero attached hydrogens (tertiary/aromatic N) is 1. The van der Waals surface area contributed by atoms with Crippen molar-refractivity contribution in [2.75, 3.05) is 19.6 Å². The Kier molecular flexibility index (Phi) is 5.55. The van der Waals surface area contributed by atoms with Crippen LogP contribution in [-0.4, -0.2) is 41.7 Å². The molecule has 4 nitrogen and oxygen atoms in total. The maximum atomic E-state index is 12.7. The second-order valence-corrected chi connectivity index (χ2v) is 7.80. The van der Waals surface area contributed by atoms with Crippen LogP contribution in [0.3, 0.4) is 0 Å². The predicted octanol–water partition coefficient (Wildman–Crippen LogP) is 2.64. The Hall–Kier alpha value is -2.17. The second kappa shape index (κ2) is 8.24. The van der Waals surface area contributed by atoms with Crippen molar-refractivity contribution < 1.29 is 9.90 Å². The van der Waals surface area contributed by atoms with Crippen molar-refractivity contribution in [2.45, 2.75) is 44.2 Å². The smallest absolute Gasteiger partial charge is 0.227 e. The van der Waals surface area contributed by atoms with E-state index in [1.807, 2.05) is 12.1 Å². The van der Waals surface area contributed by atoms with Gasteiger partial charge in [-0.15, -0.1) is 0 Å². The molecule has 2 aromatic rings. The molecule has 2 N–H and O–H groups in total. The summed E-state index contributed by atoms with van der Waals surface area (Å²) in [6.07, 6.45) is 3.47. The summed E-state index contributed by atoms with van der Waals surface area (Å²) in [6.45, 7) is 2.74. The molecule has 1 aliphatic heterocycles. The van der Waals surface area contributed by atoms with Gasteiger partial charge in [-0.1, -0.05) is 48.5 Å². The number of aliphatic hydroxyl groups is 1. The van der Waals surface area contributed by atoms with Crippen LogP contribution in [0.15, 0.2) is 48.5 Å². The first-order valence-electron chi connectivity index (χ1n) is 10.0. The number of amides is 1. The molecule has 2 unspecified atom stereocenters. The Morgan fingerprint density at radius 2 is 1.81 bits per heavy atom. The Balaban J connectivity index is 1.29. The first-order valence-corrected chi connectivity index (χ1v) is 10.0. The van der Waals surface area contributed by atoms with Gasteiger partial charge in [0.15, 0.2) is 0 Å². The van der Waals surface area contributed by atoms with Crippen molar-refractivity contribution in [1.29, 1.82) is 0 Å². The lowest BCUT2D eigenvalue weighted by Crippen LogP contribution is -2.43. The minimum Gasteiger partial charge on any atom is -0.390 e. The fourth-order valence-corrected chi connectivity index (χ4v) is 4.44. The first-order chi connectivity index (χ1) is 13.2. The van der Waals surface area contributed by atoms with E-state index in [0.717, 1.165) is 44.3 Å². The molecule has 0 aromatic heterocycles. The SMILES string of the molecule is O=C(NCC(O)CN1CCc2ccccc2C1)C1CCCc2ccccc21. The van der Waals surface area contributed by atoms with E-state index < -0.39 is 6.10 Å². The lowest BCUT2D eigenvalue weighted by Gasteiger charge is -2.30. The summed E-state index contributed by atoms with van der Waals surface area (Å²) in [7, 11) is 0. The first kappa shape index (κ1) is 18.2. The van der Waals surface area contributed by atoms with E-state index in [0.29, 0.717) is 13.1 Å². The molecule has 4 rings (SSSR count). The van der Waals surface area contributed by atoms with Gasteiger partial charge in [0.1, 0.15) is 0 Å². The van der Waals surface area contributed by atoms with Crippen LogP contribution in [0.25, 0.3) is 0 Å². The van der Waals surface area contributed by atoms with Crippen LogP contribution in [0.5, 0.6) is 0 Å². The van der Waals surface area contributed by atoms with Gasteiger partial charge in [-0.25, -0.2) is 0 Å². The largest absolute Gasteiger partial charge is 0.390 e. The van der Waals surface area contributed by atoms with E-state index in [1.54, 1.807) is 0 Å². The van der Waals surface area contributed by atoms with Crippen LogP contribution in [0.4, 0.5) is 0 Å². The number of hydrogen-bond acceptors (Lipinski definition) is 3. The van der Waals surface area contributed by atoms with Crippen molar-refractivity contribution in [1.82, 2.24) is 10.2 Å². The molecule has 0 bridgehead atoms. The summed E-state index contributed by atoms with van der Waals surface area (Å²) >= 11 is 0. The van der Waals surface area contributed by atoms with Crippen LogP contribution in [0.2, 0.25) is 0 Å². The fraction of sp³-hybridized carbons (Fsp3) is 0.435. The van der Waals surface area contributed by atoms with E-state index in [4.69, 9.17) is 0 Å². The highest BCUT2D eigenvalue weighted by molar-refractivity contribution is 5.84. The fourth-order valence-electron chi connectivity index (χ4n) is 4.44. The van der Waals surface area contributed by atoms with Gasteiger partial charge in [0, 0.05) is 26.2 Å². The minimum atomic E-state index is -0.543. The molecule has 0 spiro atoms. The van der Waals surface area contributed by atoms with E-state index in [9.17, 15) is 9.90 Å². The second-order valence-electron chi connectivity index (χ2n) is 7.80. The number of carbonyl (C=O) groups is 1. The van der Waals surface area contributed by atoms with Gasteiger partial charge in [-0.2, -0.15) is 0 Å². The number of carbonyl (C=O) groups excluding carboxylic acids is 1. The summed E-state index contributed by atoms with van der Waals surface area (Å²) in [6, 6.07) is 16.7. The number of nitrogens with one attached hydrogen (secondary N) is 1. The van der Waals surface area contributed by atoms with Crippen molar-refractivity contribution in [2.24, 2.45) is 0 Å². The normalized spacial score (nSPS) is 20.4. The Morgan fingerprint density at radius 3 is 2.67 bits per heavy atom. The number of aryl methyl sites for hydroxylation is 1. The summed E-state index contributed by atoms with van der Waals surface area (Å²) in [4.78, 5) is 15.0. The quantitative estimate of drug-likeness (QED) is 0.858. The average molecular weight is 364 g/mol. The maximum Gasteiger partial charge on any atom is 0.227 e. The molecule has 0 saturated heterocycles. The van der Waals surface area contributed by atoms with Gasteiger partial charge in [0.2, 0.25) is 5.91 Å². The standard InChI is InChI=1S/C23H28N2O2/c26-20(16-25-13-12-17-6-1-2-8-19(17)15-25)14-24-23(27)22-11-5-9-18-7-3-4-10-21(18)22/h1-4,6-8,10,20,22,26H,5,9,11-16H2,(H,24,27). The summed E-state index contributed by atoms with van der Waals surface area (Å²) in [5.74, 6) is -0.0331. The molecule has 0 fully saturated rings.